The number of hydrogen-bond acceptors (Lipinski definition) is 5. The van der Waals surface area contributed by atoms with E-state index in [9.17, 15) is 5.11 Å². The fourth-order valence-electron chi connectivity index (χ4n) is 3.79. The van der Waals surface area contributed by atoms with Crippen molar-refractivity contribution in [2.45, 2.75) is 84.1 Å². The van der Waals surface area contributed by atoms with E-state index in [0.29, 0.717) is 18.1 Å². The smallest absolute Gasteiger partial charge is 0.250 e. The molecule has 0 aromatic heterocycles. The van der Waals surface area contributed by atoms with Crippen LogP contribution in [0.15, 0.2) is 36.4 Å². The third-order valence-corrected chi connectivity index (χ3v) is 16.8. The Balaban J connectivity index is 1.66. The van der Waals surface area contributed by atoms with Crippen LogP contribution in [0, 0.1) is 0 Å². The van der Waals surface area contributed by atoms with Crippen LogP contribution in [0.25, 0.3) is 11.1 Å². The van der Waals surface area contributed by atoms with E-state index in [1.54, 1.807) is 0 Å². The molecule has 1 atom stereocenters. The normalized spacial score (nSPS) is 18.1. The molecule has 2 heterocycles. The summed E-state index contributed by atoms with van der Waals surface area (Å²) >= 11 is 0. The molecule has 2 aliphatic rings. The molecule has 2 aromatic carbocycles. The fourth-order valence-corrected chi connectivity index (χ4v) is 5.84. The quantitative estimate of drug-likeness (QED) is 0.431. The maximum atomic E-state index is 11.0. The topological polar surface area (TPSA) is 57.2 Å². The van der Waals surface area contributed by atoms with Crippen molar-refractivity contribution in [1.29, 1.82) is 0 Å². The number of ether oxygens (including phenoxy) is 2. The van der Waals surface area contributed by atoms with E-state index in [1.165, 1.54) is 0 Å². The van der Waals surface area contributed by atoms with Crippen LogP contribution in [0.5, 0.6) is 23.0 Å². The Morgan fingerprint density at radius 1 is 0.771 bits per heavy atom. The zero-order valence-corrected chi connectivity index (χ0v) is 24.8. The van der Waals surface area contributed by atoms with E-state index in [4.69, 9.17) is 18.3 Å². The van der Waals surface area contributed by atoms with Crippen LogP contribution in [0.1, 0.15) is 52.7 Å². The lowest BCUT2D eigenvalue weighted by Gasteiger charge is -2.37. The van der Waals surface area contributed by atoms with Crippen molar-refractivity contribution in [3.63, 3.8) is 0 Å². The molecular formula is C28H40O5Si2. The summed E-state index contributed by atoms with van der Waals surface area (Å²) < 4.78 is 25.1. The van der Waals surface area contributed by atoms with Gasteiger partial charge in [-0.3, -0.25) is 0 Å². The highest BCUT2D eigenvalue weighted by Crippen LogP contribution is 2.48. The van der Waals surface area contributed by atoms with Gasteiger partial charge in [0.1, 0.15) is 29.6 Å². The third-order valence-electron chi connectivity index (χ3n) is 8.06. The minimum absolute atomic E-state index is 0.0903. The highest BCUT2D eigenvalue weighted by Gasteiger charge is 2.41. The monoisotopic (exact) mass is 512 g/mol. The first-order valence-corrected chi connectivity index (χ1v) is 18.2. The maximum Gasteiger partial charge on any atom is 0.250 e. The molecule has 2 aliphatic heterocycles. The number of aliphatic hydroxyl groups excluding tert-OH is 1. The van der Waals surface area contributed by atoms with Gasteiger partial charge in [0.25, 0.3) is 0 Å². The number of fused-ring (bicyclic) bond motifs is 4. The predicted octanol–water partition coefficient (Wildman–Crippen LogP) is 7.47. The van der Waals surface area contributed by atoms with Gasteiger partial charge in [0, 0.05) is 34.4 Å². The largest absolute Gasteiger partial charge is 0.543 e. The highest BCUT2D eigenvalue weighted by atomic mass is 28.4. The molecule has 0 bridgehead atoms. The van der Waals surface area contributed by atoms with Crippen LogP contribution < -0.4 is 18.3 Å². The first-order valence-electron chi connectivity index (χ1n) is 12.4. The zero-order chi connectivity index (χ0) is 26.0. The first kappa shape index (κ1) is 25.9. The molecule has 2 aromatic rings. The van der Waals surface area contributed by atoms with Gasteiger partial charge in [0.15, 0.2) is 0 Å². The molecule has 0 spiro atoms. The van der Waals surface area contributed by atoms with Gasteiger partial charge in [0.05, 0.1) is 0 Å². The van der Waals surface area contributed by atoms with Crippen molar-refractivity contribution in [1.82, 2.24) is 0 Å². The molecule has 0 aliphatic carbocycles. The minimum atomic E-state index is -1.99. The molecule has 5 nitrogen and oxygen atoms in total. The summed E-state index contributed by atoms with van der Waals surface area (Å²) in [4.78, 5) is 0. The van der Waals surface area contributed by atoms with Gasteiger partial charge < -0.3 is 23.4 Å². The second-order valence-corrected chi connectivity index (χ2v) is 22.1. The van der Waals surface area contributed by atoms with Crippen LogP contribution in [-0.2, 0) is 0 Å². The van der Waals surface area contributed by atoms with Gasteiger partial charge in [-0.25, -0.2) is 0 Å². The lowest BCUT2D eigenvalue weighted by Crippen LogP contribution is -2.43. The summed E-state index contributed by atoms with van der Waals surface area (Å²) in [6.45, 7) is 22.6. The summed E-state index contributed by atoms with van der Waals surface area (Å²) in [6, 6.07) is 11.8. The molecule has 0 fully saturated rings. The number of hydrogen-bond donors (Lipinski definition) is 1. The van der Waals surface area contributed by atoms with Crippen molar-refractivity contribution in [2.24, 2.45) is 0 Å². The van der Waals surface area contributed by atoms with E-state index >= 15 is 0 Å². The SMILES string of the molecule is CC(C)(C)[Si](C)(C)Oc1ccc2c(c1)OC(O)C1=C2COc2cc(O[Si](C)(C)C(C)(C)C)ccc21. The Morgan fingerprint density at radius 3 is 1.77 bits per heavy atom. The zero-order valence-electron chi connectivity index (χ0n) is 22.8. The van der Waals surface area contributed by atoms with Crippen LogP contribution in [0.2, 0.25) is 36.3 Å². The van der Waals surface area contributed by atoms with Gasteiger partial charge in [-0.2, -0.15) is 0 Å². The van der Waals surface area contributed by atoms with Gasteiger partial charge in [-0.15, -0.1) is 0 Å². The van der Waals surface area contributed by atoms with Crippen molar-refractivity contribution in [3.8, 4) is 23.0 Å². The van der Waals surface area contributed by atoms with Gasteiger partial charge in [0.2, 0.25) is 22.9 Å². The molecular weight excluding hydrogens is 472 g/mol. The van der Waals surface area contributed by atoms with E-state index in [0.717, 1.165) is 33.8 Å². The molecule has 4 rings (SSSR count). The number of benzene rings is 2. The third kappa shape index (κ3) is 4.78. The van der Waals surface area contributed by atoms with Crippen LogP contribution in [0.3, 0.4) is 0 Å². The van der Waals surface area contributed by atoms with Gasteiger partial charge >= 0.3 is 0 Å². The summed E-state index contributed by atoms with van der Waals surface area (Å²) in [5.74, 6) is 2.91. The Hall–Kier alpha value is -2.23. The maximum absolute atomic E-state index is 11.0. The summed E-state index contributed by atoms with van der Waals surface area (Å²) in [5, 5.41) is 11.2. The molecule has 0 radical (unpaired) electrons. The molecule has 35 heavy (non-hydrogen) atoms. The summed E-state index contributed by atoms with van der Waals surface area (Å²) in [6.07, 6.45) is -1.07. The molecule has 1 unspecified atom stereocenters. The molecule has 190 valence electrons. The van der Waals surface area contributed by atoms with E-state index in [-0.39, 0.29) is 10.1 Å². The molecule has 7 heteroatoms. The Bertz CT molecular complexity index is 1170. The van der Waals surface area contributed by atoms with Gasteiger partial charge in [-0.05, 0) is 60.5 Å². The van der Waals surface area contributed by atoms with Crippen molar-refractivity contribution in [2.75, 3.05) is 6.61 Å². The van der Waals surface area contributed by atoms with Crippen molar-refractivity contribution >= 4 is 27.8 Å². The average Bonchev–Trinajstić information content (AvgIpc) is 2.70. The highest BCUT2D eigenvalue weighted by molar-refractivity contribution is 6.75. The standard InChI is InChI=1S/C28H40O5Si2/c1-27(2,3)34(7,8)32-18-12-14-21-23(15-18)30-17-22-20-13-11-19(33-35(9,10)28(4,5)6)16-24(20)31-26(29)25(21)22/h11-16,26,29H,17H2,1-10H3. The Morgan fingerprint density at radius 2 is 1.26 bits per heavy atom. The van der Waals surface area contributed by atoms with Crippen LogP contribution in [-0.4, -0.2) is 34.6 Å². The van der Waals surface area contributed by atoms with E-state index in [1.807, 2.05) is 36.4 Å². The minimum Gasteiger partial charge on any atom is -0.543 e. The molecule has 0 saturated carbocycles. The Kier molecular flexibility index (Phi) is 6.22. The molecule has 1 N–H and O–H groups in total. The summed E-state index contributed by atoms with van der Waals surface area (Å²) in [5.41, 5.74) is 3.48. The van der Waals surface area contributed by atoms with E-state index < -0.39 is 22.9 Å². The van der Waals surface area contributed by atoms with E-state index in [2.05, 4.69) is 67.7 Å². The number of rotatable bonds is 4. The lowest BCUT2D eigenvalue weighted by atomic mass is 9.89. The van der Waals surface area contributed by atoms with Crippen LogP contribution in [0.4, 0.5) is 0 Å². The second-order valence-electron chi connectivity index (χ2n) is 12.7. The van der Waals surface area contributed by atoms with Crippen molar-refractivity contribution in [3.05, 3.63) is 47.5 Å². The Labute approximate surface area is 212 Å². The summed E-state index contributed by atoms with van der Waals surface area (Å²) in [7, 11) is -3.96. The fraction of sp³-hybridized carbons (Fsp3) is 0.500. The van der Waals surface area contributed by atoms with Crippen LogP contribution >= 0.6 is 0 Å². The molecule has 0 amide bonds. The predicted molar refractivity (Wildman–Crippen MR) is 147 cm³/mol. The molecule has 0 saturated heterocycles. The number of aliphatic hydroxyl groups is 1. The second kappa shape index (κ2) is 8.42. The average molecular weight is 513 g/mol. The van der Waals surface area contributed by atoms with Crippen molar-refractivity contribution < 1.29 is 23.4 Å². The lowest BCUT2D eigenvalue weighted by molar-refractivity contribution is 0.0302. The first-order chi connectivity index (χ1) is 16.0. The van der Waals surface area contributed by atoms with Gasteiger partial charge in [-0.1, -0.05) is 41.5 Å².